The van der Waals surface area contributed by atoms with Crippen LogP contribution in [0.1, 0.15) is 26.2 Å². The molecule has 82 valence electrons. The van der Waals surface area contributed by atoms with Gasteiger partial charge in [0.05, 0.1) is 0 Å². The van der Waals surface area contributed by atoms with Crippen LogP contribution in [0.4, 0.5) is 0 Å². The monoisotopic (exact) mass is 214 g/mol. The van der Waals surface area contributed by atoms with Crippen molar-refractivity contribution in [2.45, 2.75) is 38.3 Å². The lowest BCUT2D eigenvalue weighted by Crippen LogP contribution is -2.45. The van der Waals surface area contributed by atoms with Crippen molar-refractivity contribution in [1.29, 1.82) is 0 Å². The predicted octanol–water partition coefficient (Wildman–Crippen LogP) is 1.55. The highest BCUT2D eigenvalue weighted by molar-refractivity contribution is 7.99. The summed E-state index contributed by atoms with van der Waals surface area (Å²) in [4.78, 5) is 2.65. The lowest BCUT2D eigenvalue weighted by molar-refractivity contribution is 0.190. The van der Waals surface area contributed by atoms with E-state index < -0.39 is 0 Å². The Labute approximate surface area is 91.6 Å². The highest BCUT2D eigenvalue weighted by Gasteiger charge is 2.28. The molecular weight excluding hydrogens is 192 g/mol. The fraction of sp³-hybridized carbons (Fsp3) is 1.00. The quantitative estimate of drug-likeness (QED) is 0.756. The number of nitrogens with two attached hydrogens (primary N) is 1. The largest absolute Gasteiger partial charge is 0.327 e. The minimum Gasteiger partial charge on any atom is -0.327 e. The van der Waals surface area contributed by atoms with Crippen molar-refractivity contribution in [2.24, 2.45) is 11.7 Å². The van der Waals surface area contributed by atoms with Gasteiger partial charge in [-0.25, -0.2) is 0 Å². The van der Waals surface area contributed by atoms with E-state index in [0.717, 1.165) is 12.0 Å². The predicted molar refractivity (Wildman–Crippen MR) is 63.7 cm³/mol. The van der Waals surface area contributed by atoms with Crippen LogP contribution in [0.25, 0.3) is 0 Å². The SMILES string of the molecule is CC1CSCCN1CC1CCCC1N. The zero-order valence-corrected chi connectivity index (χ0v) is 9.93. The number of thioether (sulfide) groups is 1. The van der Waals surface area contributed by atoms with E-state index in [1.54, 1.807) is 0 Å². The van der Waals surface area contributed by atoms with Crippen molar-refractivity contribution < 1.29 is 0 Å². The smallest absolute Gasteiger partial charge is 0.0158 e. The van der Waals surface area contributed by atoms with Gasteiger partial charge >= 0.3 is 0 Å². The Morgan fingerprint density at radius 3 is 2.93 bits per heavy atom. The second kappa shape index (κ2) is 4.86. The maximum Gasteiger partial charge on any atom is 0.0158 e. The molecule has 0 aromatic carbocycles. The van der Waals surface area contributed by atoms with E-state index in [1.807, 2.05) is 0 Å². The van der Waals surface area contributed by atoms with E-state index in [2.05, 4.69) is 23.6 Å². The van der Waals surface area contributed by atoms with Gasteiger partial charge in [0, 0.05) is 36.7 Å². The van der Waals surface area contributed by atoms with Crippen LogP contribution in [-0.2, 0) is 0 Å². The standard InChI is InChI=1S/C11H22N2S/c1-9-8-14-6-5-13(9)7-10-3-2-4-11(10)12/h9-11H,2-8,12H2,1H3. The molecule has 3 heteroatoms. The summed E-state index contributed by atoms with van der Waals surface area (Å²) in [6.07, 6.45) is 3.96. The van der Waals surface area contributed by atoms with Crippen LogP contribution in [0, 0.1) is 5.92 Å². The maximum atomic E-state index is 6.11. The van der Waals surface area contributed by atoms with Gasteiger partial charge in [0.2, 0.25) is 0 Å². The highest BCUT2D eigenvalue weighted by Crippen LogP contribution is 2.27. The van der Waals surface area contributed by atoms with Crippen LogP contribution < -0.4 is 5.73 Å². The molecule has 2 N–H and O–H groups in total. The molecule has 0 spiro atoms. The molecule has 0 radical (unpaired) electrons. The van der Waals surface area contributed by atoms with Crippen molar-refractivity contribution >= 4 is 11.8 Å². The minimum atomic E-state index is 0.483. The molecule has 14 heavy (non-hydrogen) atoms. The van der Waals surface area contributed by atoms with Gasteiger partial charge in [-0.1, -0.05) is 6.42 Å². The molecule has 2 nitrogen and oxygen atoms in total. The Bertz CT molecular complexity index is 186. The molecule has 0 aromatic heterocycles. The van der Waals surface area contributed by atoms with E-state index in [0.29, 0.717) is 6.04 Å². The van der Waals surface area contributed by atoms with Gasteiger partial charge in [0.1, 0.15) is 0 Å². The lowest BCUT2D eigenvalue weighted by atomic mass is 10.0. The number of hydrogen-bond donors (Lipinski definition) is 1. The first kappa shape index (κ1) is 10.8. The molecule has 0 bridgehead atoms. The number of hydrogen-bond acceptors (Lipinski definition) is 3. The fourth-order valence-electron chi connectivity index (χ4n) is 2.63. The van der Waals surface area contributed by atoms with Crippen LogP contribution in [0.2, 0.25) is 0 Å². The highest BCUT2D eigenvalue weighted by atomic mass is 32.2. The Morgan fingerprint density at radius 1 is 1.43 bits per heavy atom. The molecule has 1 saturated heterocycles. The summed E-state index contributed by atoms with van der Waals surface area (Å²) in [5.74, 6) is 3.40. The van der Waals surface area contributed by atoms with Crippen LogP contribution in [0.3, 0.4) is 0 Å². The summed E-state index contributed by atoms with van der Waals surface area (Å²) in [5, 5.41) is 0. The first-order valence-corrected chi connectivity index (χ1v) is 7.00. The summed E-state index contributed by atoms with van der Waals surface area (Å²) in [6, 6.07) is 1.25. The Hall–Kier alpha value is 0.270. The number of nitrogens with zero attached hydrogens (tertiary/aromatic N) is 1. The normalized spacial score (nSPS) is 40.3. The minimum absolute atomic E-state index is 0.483. The van der Waals surface area contributed by atoms with E-state index in [1.165, 1.54) is 43.9 Å². The van der Waals surface area contributed by atoms with E-state index in [-0.39, 0.29) is 0 Å². The Morgan fingerprint density at radius 2 is 2.29 bits per heavy atom. The van der Waals surface area contributed by atoms with Gasteiger partial charge in [-0.2, -0.15) is 11.8 Å². The number of rotatable bonds is 2. The molecule has 1 aliphatic carbocycles. The summed E-state index contributed by atoms with van der Waals surface area (Å²) in [5.41, 5.74) is 6.11. The molecule has 2 fully saturated rings. The van der Waals surface area contributed by atoms with Crippen molar-refractivity contribution in [3.8, 4) is 0 Å². The van der Waals surface area contributed by atoms with Gasteiger partial charge in [0.15, 0.2) is 0 Å². The van der Waals surface area contributed by atoms with Crippen molar-refractivity contribution in [3.63, 3.8) is 0 Å². The molecular formula is C11H22N2S. The molecule has 2 rings (SSSR count). The van der Waals surface area contributed by atoms with Crippen LogP contribution in [0.15, 0.2) is 0 Å². The molecule has 0 amide bonds. The summed E-state index contributed by atoms with van der Waals surface area (Å²) in [6.45, 7) is 4.88. The third-order valence-corrected chi connectivity index (χ3v) is 4.88. The third-order valence-electron chi connectivity index (χ3n) is 3.69. The maximum absolute atomic E-state index is 6.11. The van der Waals surface area contributed by atoms with Gasteiger partial charge in [-0.3, -0.25) is 4.90 Å². The summed E-state index contributed by atoms with van der Waals surface area (Å²) < 4.78 is 0. The second-order valence-electron chi connectivity index (χ2n) is 4.77. The van der Waals surface area contributed by atoms with E-state index in [9.17, 15) is 0 Å². The fourth-order valence-corrected chi connectivity index (χ4v) is 3.71. The van der Waals surface area contributed by atoms with Crippen LogP contribution in [-0.4, -0.2) is 41.6 Å². The van der Waals surface area contributed by atoms with Gasteiger partial charge in [0.25, 0.3) is 0 Å². The van der Waals surface area contributed by atoms with Crippen LogP contribution >= 0.6 is 11.8 Å². The third kappa shape index (κ3) is 2.44. The zero-order valence-electron chi connectivity index (χ0n) is 9.11. The molecule has 3 unspecified atom stereocenters. The van der Waals surface area contributed by atoms with Crippen LogP contribution in [0.5, 0.6) is 0 Å². The summed E-state index contributed by atoms with van der Waals surface area (Å²) in [7, 11) is 0. The zero-order chi connectivity index (χ0) is 9.97. The average Bonchev–Trinajstić information content (AvgIpc) is 2.56. The molecule has 1 aliphatic heterocycles. The van der Waals surface area contributed by atoms with Gasteiger partial charge in [-0.15, -0.1) is 0 Å². The van der Waals surface area contributed by atoms with Gasteiger partial charge in [-0.05, 0) is 25.7 Å². The molecule has 0 aromatic rings. The van der Waals surface area contributed by atoms with Crippen molar-refractivity contribution in [2.75, 3.05) is 24.6 Å². The first-order valence-electron chi connectivity index (χ1n) is 5.85. The lowest BCUT2D eigenvalue weighted by Gasteiger charge is -2.35. The molecule has 1 heterocycles. The molecule has 1 saturated carbocycles. The Balaban J connectivity index is 1.83. The molecule has 2 aliphatic rings. The average molecular weight is 214 g/mol. The second-order valence-corrected chi connectivity index (χ2v) is 5.92. The Kier molecular flexibility index (Phi) is 3.74. The molecule has 3 atom stereocenters. The van der Waals surface area contributed by atoms with E-state index in [4.69, 9.17) is 5.73 Å². The van der Waals surface area contributed by atoms with E-state index >= 15 is 0 Å². The topological polar surface area (TPSA) is 29.3 Å². The van der Waals surface area contributed by atoms with Crippen molar-refractivity contribution in [3.05, 3.63) is 0 Å². The summed E-state index contributed by atoms with van der Waals surface area (Å²) >= 11 is 2.09. The van der Waals surface area contributed by atoms with Crippen molar-refractivity contribution in [1.82, 2.24) is 4.90 Å². The first-order chi connectivity index (χ1) is 6.77. The van der Waals surface area contributed by atoms with Gasteiger partial charge < -0.3 is 5.73 Å².